The monoisotopic (exact) mass is 387 g/mol. The molecule has 4 amide bonds. The zero-order valence-electron chi connectivity index (χ0n) is 16.1. The van der Waals surface area contributed by atoms with Crippen molar-refractivity contribution in [3.63, 3.8) is 0 Å². The summed E-state index contributed by atoms with van der Waals surface area (Å²) in [7, 11) is 0. The minimum atomic E-state index is -0.199. The molecule has 3 rings (SSSR count). The van der Waals surface area contributed by atoms with Crippen molar-refractivity contribution in [3.8, 4) is 0 Å². The predicted molar refractivity (Wildman–Crippen MR) is 108 cm³/mol. The molecule has 8 nitrogen and oxygen atoms in total. The van der Waals surface area contributed by atoms with E-state index < -0.39 is 0 Å². The fourth-order valence-corrected chi connectivity index (χ4v) is 3.61. The second-order valence-corrected chi connectivity index (χ2v) is 7.35. The Balaban J connectivity index is 1.36. The van der Waals surface area contributed by atoms with Crippen LogP contribution in [0.2, 0.25) is 0 Å². The number of carbonyl (C=O) groups excluding carboxylic acids is 3. The zero-order valence-corrected chi connectivity index (χ0v) is 16.1. The Morgan fingerprint density at radius 1 is 1.11 bits per heavy atom. The third kappa shape index (κ3) is 6.14. The normalized spacial score (nSPS) is 17.6. The molecule has 8 heteroatoms. The van der Waals surface area contributed by atoms with Gasteiger partial charge in [0, 0.05) is 43.5 Å². The summed E-state index contributed by atoms with van der Waals surface area (Å²) in [5, 5.41) is 11.3. The minimum absolute atomic E-state index is 0.0173. The molecule has 0 bridgehead atoms. The van der Waals surface area contributed by atoms with E-state index in [-0.39, 0.29) is 30.3 Å². The van der Waals surface area contributed by atoms with Crippen LogP contribution in [0.25, 0.3) is 0 Å². The van der Waals surface area contributed by atoms with Gasteiger partial charge in [-0.2, -0.15) is 0 Å². The van der Waals surface area contributed by atoms with E-state index in [9.17, 15) is 14.4 Å². The Kier molecular flexibility index (Phi) is 7.11. The average Bonchev–Trinajstić information content (AvgIpc) is 2.69. The molecule has 0 spiro atoms. The molecule has 1 aliphatic heterocycles. The van der Waals surface area contributed by atoms with Crippen LogP contribution < -0.4 is 26.2 Å². The Bertz CT molecular complexity index is 686. The molecule has 28 heavy (non-hydrogen) atoms. The number of carbonyl (C=O) groups is 3. The minimum Gasteiger partial charge on any atom is -0.360 e. The summed E-state index contributed by atoms with van der Waals surface area (Å²) in [6.45, 7) is 2.05. The number of piperazine rings is 1. The van der Waals surface area contributed by atoms with Crippen LogP contribution in [-0.4, -0.2) is 50.1 Å². The van der Waals surface area contributed by atoms with Crippen LogP contribution in [0.1, 0.15) is 38.5 Å². The molecule has 1 heterocycles. The second-order valence-electron chi connectivity index (χ2n) is 7.35. The van der Waals surface area contributed by atoms with Crippen molar-refractivity contribution in [2.24, 2.45) is 0 Å². The van der Waals surface area contributed by atoms with Crippen LogP contribution in [0.15, 0.2) is 24.3 Å². The number of hydrogen-bond acceptors (Lipinski definition) is 4. The van der Waals surface area contributed by atoms with E-state index in [2.05, 4.69) is 21.3 Å². The summed E-state index contributed by atoms with van der Waals surface area (Å²) < 4.78 is 0. The molecule has 152 valence electrons. The fourth-order valence-electron chi connectivity index (χ4n) is 3.61. The van der Waals surface area contributed by atoms with Crippen molar-refractivity contribution in [1.29, 1.82) is 0 Å². The summed E-state index contributed by atoms with van der Waals surface area (Å²) in [5.74, 6) is -0.133. The van der Waals surface area contributed by atoms with Gasteiger partial charge in [0.15, 0.2) is 0 Å². The van der Waals surface area contributed by atoms with E-state index in [1.165, 1.54) is 6.42 Å². The Morgan fingerprint density at radius 2 is 1.86 bits per heavy atom. The standard InChI is InChI=1S/C20H29N5O3/c26-18(10-11-22-20(28)24-15-4-2-1-3-5-15)23-16-6-8-17(9-7-16)25-13-12-21-19(27)14-25/h6-9,15H,1-5,10-14H2,(H,21,27)(H,23,26)(H2,22,24,28). The number of nitrogens with zero attached hydrogens (tertiary/aromatic N) is 1. The molecule has 0 aromatic heterocycles. The summed E-state index contributed by atoms with van der Waals surface area (Å²) in [4.78, 5) is 37.4. The van der Waals surface area contributed by atoms with Gasteiger partial charge in [0.1, 0.15) is 0 Å². The molecular formula is C20H29N5O3. The molecular weight excluding hydrogens is 358 g/mol. The molecule has 1 aliphatic carbocycles. The predicted octanol–water partition coefficient (Wildman–Crippen LogP) is 1.58. The molecule has 1 saturated carbocycles. The largest absolute Gasteiger partial charge is 0.360 e. The average molecular weight is 387 g/mol. The molecule has 0 atom stereocenters. The number of urea groups is 1. The van der Waals surface area contributed by atoms with Gasteiger partial charge in [0.25, 0.3) is 0 Å². The van der Waals surface area contributed by atoms with E-state index in [1.807, 2.05) is 29.2 Å². The number of nitrogens with one attached hydrogen (secondary N) is 4. The number of benzene rings is 1. The fraction of sp³-hybridized carbons (Fsp3) is 0.550. The summed E-state index contributed by atoms with van der Waals surface area (Å²) in [6.07, 6.45) is 5.85. The van der Waals surface area contributed by atoms with Crippen LogP contribution in [0.4, 0.5) is 16.2 Å². The van der Waals surface area contributed by atoms with Gasteiger partial charge >= 0.3 is 6.03 Å². The molecule has 2 aliphatic rings. The lowest BCUT2D eigenvalue weighted by atomic mass is 9.96. The highest BCUT2D eigenvalue weighted by Gasteiger charge is 2.17. The van der Waals surface area contributed by atoms with Crippen molar-refractivity contribution in [1.82, 2.24) is 16.0 Å². The van der Waals surface area contributed by atoms with Crippen LogP contribution >= 0.6 is 0 Å². The van der Waals surface area contributed by atoms with Gasteiger partial charge in [-0.25, -0.2) is 4.79 Å². The van der Waals surface area contributed by atoms with Gasteiger partial charge in [0.2, 0.25) is 11.8 Å². The molecule has 1 saturated heterocycles. The molecule has 0 unspecified atom stereocenters. The highest BCUT2D eigenvalue weighted by molar-refractivity contribution is 5.91. The molecule has 1 aromatic rings. The third-order valence-electron chi connectivity index (χ3n) is 5.13. The third-order valence-corrected chi connectivity index (χ3v) is 5.13. The first-order valence-corrected chi connectivity index (χ1v) is 10.1. The van der Waals surface area contributed by atoms with Crippen molar-refractivity contribution in [2.45, 2.75) is 44.6 Å². The maximum Gasteiger partial charge on any atom is 0.315 e. The molecule has 4 N–H and O–H groups in total. The number of hydrogen-bond donors (Lipinski definition) is 4. The van der Waals surface area contributed by atoms with Crippen LogP contribution in [0.3, 0.4) is 0 Å². The lowest BCUT2D eigenvalue weighted by Gasteiger charge is -2.28. The van der Waals surface area contributed by atoms with Crippen molar-refractivity contribution < 1.29 is 14.4 Å². The van der Waals surface area contributed by atoms with Gasteiger partial charge in [-0.05, 0) is 37.1 Å². The molecule has 2 fully saturated rings. The van der Waals surface area contributed by atoms with E-state index in [0.717, 1.165) is 37.9 Å². The van der Waals surface area contributed by atoms with Crippen LogP contribution in [0, 0.1) is 0 Å². The summed E-state index contributed by atoms with van der Waals surface area (Å²) in [5.41, 5.74) is 1.65. The molecule has 1 aromatic carbocycles. The van der Waals surface area contributed by atoms with E-state index in [4.69, 9.17) is 0 Å². The highest BCUT2D eigenvalue weighted by atomic mass is 16.2. The first-order chi connectivity index (χ1) is 13.6. The van der Waals surface area contributed by atoms with E-state index in [0.29, 0.717) is 25.3 Å². The van der Waals surface area contributed by atoms with Crippen LogP contribution in [0.5, 0.6) is 0 Å². The van der Waals surface area contributed by atoms with E-state index >= 15 is 0 Å². The zero-order chi connectivity index (χ0) is 19.8. The maximum atomic E-state index is 12.1. The van der Waals surface area contributed by atoms with Crippen LogP contribution in [-0.2, 0) is 9.59 Å². The van der Waals surface area contributed by atoms with Gasteiger partial charge in [-0.1, -0.05) is 19.3 Å². The quantitative estimate of drug-likeness (QED) is 0.595. The van der Waals surface area contributed by atoms with Crippen molar-refractivity contribution in [2.75, 3.05) is 36.4 Å². The topological polar surface area (TPSA) is 103 Å². The summed E-state index contributed by atoms with van der Waals surface area (Å²) >= 11 is 0. The van der Waals surface area contributed by atoms with Gasteiger partial charge < -0.3 is 26.2 Å². The van der Waals surface area contributed by atoms with E-state index in [1.54, 1.807) is 0 Å². The van der Waals surface area contributed by atoms with Crippen molar-refractivity contribution >= 4 is 29.2 Å². The maximum absolute atomic E-state index is 12.1. The smallest absolute Gasteiger partial charge is 0.315 e. The number of anilines is 2. The Labute approximate surface area is 165 Å². The van der Waals surface area contributed by atoms with Crippen molar-refractivity contribution in [3.05, 3.63) is 24.3 Å². The second kappa shape index (κ2) is 9.96. The molecule has 0 radical (unpaired) electrons. The number of rotatable bonds is 6. The first kappa shape index (κ1) is 20.0. The van der Waals surface area contributed by atoms with Gasteiger partial charge in [0.05, 0.1) is 6.54 Å². The Morgan fingerprint density at radius 3 is 2.57 bits per heavy atom. The van der Waals surface area contributed by atoms with Gasteiger partial charge in [-0.15, -0.1) is 0 Å². The SMILES string of the molecule is O=C1CN(c2ccc(NC(=O)CCNC(=O)NC3CCCCC3)cc2)CCN1. The lowest BCUT2D eigenvalue weighted by molar-refractivity contribution is -0.120. The highest BCUT2D eigenvalue weighted by Crippen LogP contribution is 2.19. The lowest BCUT2D eigenvalue weighted by Crippen LogP contribution is -2.47. The van der Waals surface area contributed by atoms with Gasteiger partial charge in [-0.3, -0.25) is 9.59 Å². The number of amides is 4. The first-order valence-electron chi connectivity index (χ1n) is 10.1. The summed E-state index contributed by atoms with van der Waals surface area (Å²) in [6, 6.07) is 7.49. The Hall–Kier alpha value is -2.77.